The van der Waals surface area contributed by atoms with Crippen LogP contribution in [0.2, 0.25) is 0 Å². The van der Waals surface area contributed by atoms with Crippen LogP contribution in [-0.2, 0) is 5.67 Å². The van der Waals surface area contributed by atoms with Crippen LogP contribution in [0.1, 0.15) is 35.0 Å². The number of hydrogen-bond donors (Lipinski definition) is 0. The Hall–Kier alpha value is -3.10. The van der Waals surface area contributed by atoms with Crippen LogP contribution < -0.4 is 0 Å². The summed E-state index contributed by atoms with van der Waals surface area (Å²) in [4.78, 5) is 26.0. The molecule has 0 aliphatic carbocycles. The van der Waals surface area contributed by atoms with Gasteiger partial charge in [-0.3, -0.25) is 9.78 Å². The van der Waals surface area contributed by atoms with Gasteiger partial charge in [-0.2, -0.15) is 4.98 Å². The van der Waals surface area contributed by atoms with E-state index in [0.29, 0.717) is 24.2 Å². The molecule has 1 atom stereocenters. The number of aryl methyl sites for hydroxylation is 1. The molecule has 3 aromatic heterocycles. The summed E-state index contributed by atoms with van der Waals surface area (Å²) in [5, 5.41) is 3.85. The van der Waals surface area contributed by atoms with E-state index in [9.17, 15) is 4.79 Å². The molecule has 0 bridgehead atoms. The van der Waals surface area contributed by atoms with Crippen LogP contribution >= 0.6 is 0 Å². The Morgan fingerprint density at radius 1 is 1.35 bits per heavy atom. The van der Waals surface area contributed by atoms with Gasteiger partial charge in [0.1, 0.15) is 0 Å². The van der Waals surface area contributed by atoms with E-state index in [4.69, 9.17) is 8.94 Å². The van der Waals surface area contributed by atoms with E-state index < -0.39 is 11.6 Å². The molecule has 0 radical (unpaired) electrons. The Morgan fingerprint density at radius 2 is 2.15 bits per heavy atom. The van der Waals surface area contributed by atoms with Crippen molar-refractivity contribution < 1.29 is 18.1 Å². The molecule has 4 rings (SSSR count). The predicted octanol–water partition coefficient (Wildman–Crippen LogP) is 2.53. The van der Waals surface area contributed by atoms with Crippen LogP contribution in [-0.4, -0.2) is 44.0 Å². The van der Waals surface area contributed by atoms with Gasteiger partial charge in [0.05, 0.1) is 12.2 Å². The molecule has 9 heteroatoms. The molecule has 0 spiro atoms. The molecule has 0 saturated carbocycles. The first-order valence-corrected chi connectivity index (χ1v) is 8.20. The van der Waals surface area contributed by atoms with Crippen molar-refractivity contribution in [2.75, 3.05) is 13.1 Å². The monoisotopic (exact) mass is 357 g/mol. The fourth-order valence-corrected chi connectivity index (χ4v) is 3.03. The zero-order valence-electron chi connectivity index (χ0n) is 14.1. The van der Waals surface area contributed by atoms with Crippen molar-refractivity contribution in [1.82, 2.24) is 25.0 Å². The lowest BCUT2D eigenvalue weighted by Gasteiger charge is -2.34. The van der Waals surface area contributed by atoms with E-state index in [-0.39, 0.29) is 30.4 Å². The number of halogens is 1. The second kappa shape index (κ2) is 6.32. The second-order valence-corrected chi connectivity index (χ2v) is 6.22. The minimum atomic E-state index is -1.90. The van der Waals surface area contributed by atoms with E-state index in [1.165, 1.54) is 11.3 Å². The molecule has 1 aliphatic rings. The fourth-order valence-electron chi connectivity index (χ4n) is 3.03. The number of pyridine rings is 1. The molecular formula is C17H16FN5O3. The maximum absolute atomic E-state index is 15.5. The number of oxazole rings is 1. The minimum absolute atomic E-state index is 0.122. The molecule has 1 fully saturated rings. The Labute approximate surface area is 148 Å². The third-order valence-corrected chi connectivity index (χ3v) is 4.42. The summed E-state index contributed by atoms with van der Waals surface area (Å²) in [6.45, 7) is 1.92. The third kappa shape index (κ3) is 2.85. The fraction of sp³-hybridized carbons (Fsp3) is 0.353. The lowest BCUT2D eigenvalue weighted by Crippen LogP contribution is -2.46. The SMILES string of the molecule is Cc1ncoc1C(=O)N1CCCC(F)(c2nc(-c3ccncc3)no2)C1. The van der Waals surface area contributed by atoms with Gasteiger partial charge in [0, 0.05) is 24.5 Å². The van der Waals surface area contributed by atoms with Gasteiger partial charge in [-0.15, -0.1) is 0 Å². The zero-order chi connectivity index (χ0) is 18.1. The summed E-state index contributed by atoms with van der Waals surface area (Å²) in [7, 11) is 0. The molecule has 0 aromatic carbocycles. The Bertz CT molecular complexity index is 925. The van der Waals surface area contributed by atoms with E-state index in [1.807, 2.05) is 0 Å². The van der Waals surface area contributed by atoms with Gasteiger partial charge in [-0.25, -0.2) is 9.37 Å². The van der Waals surface area contributed by atoms with Gasteiger partial charge in [-0.05, 0) is 31.9 Å². The third-order valence-electron chi connectivity index (χ3n) is 4.42. The first kappa shape index (κ1) is 16.4. The quantitative estimate of drug-likeness (QED) is 0.710. The number of rotatable bonds is 3. The predicted molar refractivity (Wildman–Crippen MR) is 86.7 cm³/mol. The largest absolute Gasteiger partial charge is 0.438 e. The van der Waals surface area contributed by atoms with Gasteiger partial charge in [0.15, 0.2) is 6.39 Å². The summed E-state index contributed by atoms with van der Waals surface area (Å²) in [6.07, 6.45) is 5.06. The summed E-state index contributed by atoms with van der Waals surface area (Å²) in [6, 6.07) is 3.42. The van der Waals surface area contributed by atoms with Gasteiger partial charge in [-0.1, -0.05) is 5.16 Å². The highest BCUT2D eigenvalue weighted by Crippen LogP contribution is 2.36. The number of carbonyl (C=O) groups excluding carboxylic acids is 1. The van der Waals surface area contributed by atoms with E-state index in [0.717, 1.165) is 0 Å². The van der Waals surface area contributed by atoms with Crippen LogP contribution in [0.15, 0.2) is 39.9 Å². The van der Waals surface area contributed by atoms with E-state index in [1.54, 1.807) is 31.5 Å². The lowest BCUT2D eigenvalue weighted by atomic mass is 9.94. The van der Waals surface area contributed by atoms with Crippen LogP contribution in [0.25, 0.3) is 11.4 Å². The highest BCUT2D eigenvalue weighted by Gasteiger charge is 2.44. The number of aromatic nitrogens is 4. The lowest BCUT2D eigenvalue weighted by molar-refractivity contribution is 0.0136. The van der Waals surface area contributed by atoms with E-state index >= 15 is 4.39 Å². The van der Waals surface area contributed by atoms with Crippen LogP contribution in [0.3, 0.4) is 0 Å². The molecule has 0 N–H and O–H groups in total. The average Bonchev–Trinajstić information content (AvgIpc) is 3.31. The summed E-state index contributed by atoms with van der Waals surface area (Å²) >= 11 is 0. The molecule has 26 heavy (non-hydrogen) atoms. The number of nitrogens with zero attached hydrogens (tertiary/aromatic N) is 5. The average molecular weight is 357 g/mol. The number of carbonyl (C=O) groups is 1. The number of likely N-dealkylation sites (tertiary alicyclic amines) is 1. The molecule has 134 valence electrons. The standard InChI is InChI=1S/C17H16FN5O3/c1-11-13(25-10-20-11)15(24)23-8-2-5-17(18,9-23)16-21-14(22-26-16)12-3-6-19-7-4-12/h3-4,6-7,10H,2,5,8-9H2,1H3. The highest BCUT2D eigenvalue weighted by molar-refractivity contribution is 5.92. The van der Waals surface area contributed by atoms with Gasteiger partial charge < -0.3 is 13.8 Å². The molecule has 1 amide bonds. The molecule has 3 aromatic rings. The molecular weight excluding hydrogens is 341 g/mol. The van der Waals surface area contributed by atoms with Gasteiger partial charge in [0.2, 0.25) is 17.3 Å². The first-order valence-electron chi connectivity index (χ1n) is 8.20. The smallest absolute Gasteiger partial charge is 0.291 e. The van der Waals surface area contributed by atoms with Crippen molar-refractivity contribution in [3.63, 3.8) is 0 Å². The molecule has 8 nitrogen and oxygen atoms in total. The van der Waals surface area contributed by atoms with Crippen molar-refractivity contribution in [1.29, 1.82) is 0 Å². The zero-order valence-corrected chi connectivity index (χ0v) is 14.1. The molecule has 1 saturated heterocycles. The Balaban J connectivity index is 1.57. The van der Waals surface area contributed by atoms with Gasteiger partial charge in [0.25, 0.3) is 11.8 Å². The van der Waals surface area contributed by atoms with Crippen LogP contribution in [0, 0.1) is 6.92 Å². The van der Waals surface area contributed by atoms with Crippen molar-refractivity contribution in [3.05, 3.63) is 48.3 Å². The highest BCUT2D eigenvalue weighted by atomic mass is 19.1. The van der Waals surface area contributed by atoms with Crippen LogP contribution in [0.4, 0.5) is 4.39 Å². The van der Waals surface area contributed by atoms with Crippen molar-refractivity contribution >= 4 is 5.91 Å². The molecule has 1 unspecified atom stereocenters. The maximum Gasteiger partial charge on any atom is 0.291 e. The summed E-state index contributed by atoms with van der Waals surface area (Å²) in [5.41, 5.74) is -0.748. The Morgan fingerprint density at radius 3 is 2.88 bits per heavy atom. The van der Waals surface area contributed by atoms with Crippen LogP contribution in [0.5, 0.6) is 0 Å². The number of alkyl halides is 1. The van der Waals surface area contributed by atoms with Crippen molar-refractivity contribution in [2.45, 2.75) is 25.4 Å². The molecule has 4 heterocycles. The molecule has 1 aliphatic heterocycles. The summed E-state index contributed by atoms with van der Waals surface area (Å²) < 4.78 is 25.8. The van der Waals surface area contributed by atoms with Crippen molar-refractivity contribution in [2.24, 2.45) is 0 Å². The van der Waals surface area contributed by atoms with Crippen molar-refractivity contribution in [3.8, 4) is 11.4 Å². The number of piperidine rings is 1. The van der Waals surface area contributed by atoms with Gasteiger partial charge >= 0.3 is 0 Å². The number of hydrogen-bond acceptors (Lipinski definition) is 7. The number of amides is 1. The Kier molecular flexibility index (Phi) is 3.98. The second-order valence-electron chi connectivity index (χ2n) is 6.22. The normalized spacial score (nSPS) is 20.3. The topological polar surface area (TPSA) is 98.2 Å². The van der Waals surface area contributed by atoms with E-state index in [2.05, 4.69) is 20.1 Å². The summed E-state index contributed by atoms with van der Waals surface area (Å²) in [5.74, 6) is -0.113. The first-order chi connectivity index (χ1) is 12.6. The minimum Gasteiger partial charge on any atom is -0.438 e. The maximum atomic E-state index is 15.5.